The van der Waals surface area contributed by atoms with Gasteiger partial charge in [-0.05, 0) is 18.2 Å². The smallest absolute Gasteiger partial charge is 0.351 e. The summed E-state index contributed by atoms with van der Waals surface area (Å²) in [5.74, 6) is 4.58. The Bertz CT molecular complexity index is 520. The van der Waals surface area contributed by atoms with Crippen molar-refractivity contribution in [1.82, 2.24) is 5.32 Å². The van der Waals surface area contributed by atoms with Crippen LogP contribution in [-0.4, -0.2) is 28.7 Å². The van der Waals surface area contributed by atoms with Gasteiger partial charge in [0, 0.05) is 34.9 Å². The monoisotopic (exact) mass is 309 g/mol. The number of nitrogens with one attached hydrogen (secondary N) is 2. The minimum absolute atomic E-state index is 0.125. The van der Waals surface area contributed by atoms with Crippen molar-refractivity contribution in [3.8, 4) is 0 Å². The van der Waals surface area contributed by atoms with Gasteiger partial charge in [-0.15, -0.1) is 0 Å². The van der Waals surface area contributed by atoms with Crippen LogP contribution in [0.1, 0.15) is 15.9 Å². The molecule has 0 saturated carbocycles. The Kier molecular flexibility index (Phi) is 5.52. The van der Waals surface area contributed by atoms with Crippen LogP contribution >= 0.6 is 0 Å². The number of carbonyl (C=O) groups excluding carboxylic acids is 1. The molecule has 0 bridgehead atoms. The lowest BCUT2D eigenvalue weighted by Gasteiger charge is -2.13. The first-order chi connectivity index (χ1) is 9.25. The molecule has 1 amide bonds. The van der Waals surface area contributed by atoms with Crippen molar-refractivity contribution >= 4 is 22.4 Å². The summed E-state index contributed by atoms with van der Waals surface area (Å²) in [6.07, 6.45) is -3.15. The molecule has 1 rings (SSSR count). The van der Waals surface area contributed by atoms with E-state index in [9.17, 15) is 22.2 Å². The molecule has 0 aromatic heterocycles. The summed E-state index contributed by atoms with van der Waals surface area (Å²) in [5, 5.41) is 2.40. The zero-order valence-electron chi connectivity index (χ0n) is 10.6. The highest BCUT2D eigenvalue weighted by Gasteiger charge is 2.34. The molecule has 0 heterocycles. The molecule has 0 fully saturated rings. The Hall–Kier alpha value is -1.61. The number of alkyl halides is 3. The standard InChI is InChI=1S/C11H14F3N3O2S/c1-20(19)5-4-16-10(18)7-2-3-9(17-15)8(6-7)11(12,13)14/h2-3,6,17H,4-5,15H2,1H3,(H,16,18). The minimum atomic E-state index is -4.62. The molecule has 0 aliphatic heterocycles. The second-order valence-electron chi connectivity index (χ2n) is 3.94. The van der Waals surface area contributed by atoms with Gasteiger partial charge in [0.1, 0.15) is 0 Å². The number of rotatable bonds is 5. The fraction of sp³-hybridized carbons (Fsp3) is 0.364. The van der Waals surface area contributed by atoms with Crippen LogP contribution in [0, 0.1) is 0 Å². The predicted molar refractivity (Wildman–Crippen MR) is 70.5 cm³/mol. The van der Waals surface area contributed by atoms with Crippen LogP contribution in [-0.2, 0) is 17.0 Å². The second kappa shape index (κ2) is 6.71. The summed E-state index contributed by atoms with van der Waals surface area (Å²) in [7, 11) is -1.08. The van der Waals surface area contributed by atoms with Gasteiger partial charge in [0.2, 0.25) is 0 Å². The van der Waals surface area contributed by atoms with Crippen LogP contribution in [0.4, 0.5) is 18.9 Å². The van der Waals surface area contributed by atoms with Crippen molar-refractivity contribution in [2.24, 2.45) is 5.84 Å². The number of hydrazine groups is 1. The Balaban J connectivity index is 2.91. The summed E-state index contributed by atoms with van der Waals surface area (Å²) in [6.45, 7) is 0.125. The van der Waals surface area contributed by atoms with E-state index in [1.807, 2.05) is 5.43 Å². The molecule has 9 heteroatoms. The molecule has 1 aromatic carbocycles. The lowest BCUT2D eigenvalue weighted by Crippen LogP contribution is -2.28. The second-order valence-corrected chi connectivity index (χ2v) is 5.49. The van der Waals surface area contributed by atoms with Crippen molar-refractivity contribution in [2.45, 2.75) is 6.18 Å². The lowest BCUT2D eigenvalue weighted by atomic mass is 10.1. The molecule has 1 unspecified atom stereocenters. The maximum absolute atomic E-state index is 12.8. The largest absolute Gasteiger partial charge is 0.418 e. The zero-order chi connectivity index (χ0) is 15.3. The average molecular weight is 309 g/mol. The maximum atomic E-state index is 12.8. The number of amides is 1. The lowest BCUT2D eigenvalue weighted by molar-refractivity contribution is -0.137. The molecular formula is C11H14F3N3O2S. The number of anilines is 1. The zero-order valence-corrected chi connectivity index (χ0v) is 11.4. The number of carbonyl (C=O) groups is 1. The van der Waals surface area contributed by atoms with Crippen molar-refractivity contribution in [1.29, 1.82) is 0 Å². The molecule has 1 aromatic rings. The van der Waals surface area contributed by atoms with E-state index >= 15 is 0 Å². The van der Waals surface area contributed by atoms with Crippen LogP contribution in [0.15, 0.2) is 18.2 Å². The van der Waals surface area contributed by atoms with Crippen LogP contribution in [0.2, 0.25) is 0 Å². The van der Waals surface area contributed by atoms with E-state index in [4.69, 9.17) is 5.84 Å². The molecule has 112 valence electrons. The topological polar surface area (TPSA) is 84.2 Å². The van der Waals surface area contributed by atoms with Gasteiger partial charge in [0.05, 0.1) is 11.3 Å². The van der Waals surface area contributed by atoms with Crippen molar-refractivity contribution < 1.29 is 22.2 Å². The van der Waals surface area contributed by atoms with E-state index in [0.717, 1.165) is 6.07 Å². The highest BCUT2D eigenvalue weighted by atomic mass is 32.2. The van der Waals surface area contributed by atoms with Gasteiger partial charge in [-0.3, -0.25) is 14.8 Å². The maximum Gasteiger partial charge on any atom is 0.418 e. The van der Waals surface area contributed by atoms with Crippen LogP contribution in [0.5, 0.6) is 0 Å². The summed E-state index contributed by atoms with van der Waals surface area (Å²) in [4.78, 5) is 11.7. The van der Waals surface area contributed by atoms with Crippen LogP contribution in [0.25, 0.3) is 0 Å². The van der Waals surface area contributed by atoms with E-state index in [0.29, 0.717) is 6.07 Å². The third-order valence-corrected chi connectivity index (χ3v) is 3.20. The fourth-order valence-electron chi connectivity index (χ4n) is 1.46. The summed E-state index contributed by atoms with van der Waals surface area (Å²) in [6, 6.07) is 3.02. The number of hydrogen-bond donors (Lipinski definition) is 3. The summed E-state index contributed by atoms with van der Waals surface area (Å²) >= 11 is 0. The number of benzene rings is 1. The van der Waals surface area contributed by atoms with Crippen molar-refractivity contribution in [2.75, 3.05) is 24.0 Å². The van der Waals surface area contributed by atoms with Crippen molar-refractivity contribution in [3.05, 3.63) is 29.3 Å². The predicted octanol–water partition coefficient (Wildman–Crippen LogP) is 1.10. The van der Waals surface area contributed by atoms with E-state index in [2.05, 4.69) is 5.32 Å². The molecule has 20 heavy (non-hydrogen) atoms. The quantitative estimate of drug-likeness (QED) is 0.562. The third kappa shape index (κ3) is 4.49. The van der Waals surface area contributed by atoms with Gasteiger partial charge >= 0.3 is 6.18 Å². The van der Waals surface area contributed by atoms with Crippen LogP contribution in [0.3, 0.4) is 0 Å². The molecule has 0 radical (unpaired) electrons. The molecule has 5 nitrogen and oxygen atoms in total. The first kappa shape index (κ1) is 16.4. The SMILES string of the molecule is CS(=O)CCNC(=O)c1ccc(NN)c(C(F)(F)F)c1. The van der Waals surface area contributed by atoms with Crippen LogP contribution < -0.4 is 16.6 Å². The molecule has 0 spiro atoms. The minimum Gasteiger partial charge on any atom is -0.351 e. The van der Waals surface area contributed by atoms with E-state index in [1.165, 1.54) is 12.3 Å². The van der Waals surface area contributed by atoms with Gasteiger partial charge in [-0.2, -0.15) is 13.2 Å². The molecule has 0 aliphatic rings. The summed E-state index contributed by atoms with van der Waals surface area (Å²) in [5.41, 5.74) is 0.456. The highest BCUT2D eigenvalue weighted by molar-refractivity contribution is 7.84. The highest BCUT2D eigenvalue weighted by Crippen LogP contribution is 2.35. The first-order valence-corrected chi connectivity index (χ1v) is 7.24. The van der Waals surface area contributed by atoms with Gasteiger partial charge in [0.25, 0.3) is 5.91 Å². The Labute approximate surface area is 116 Å². The molecule has 0 aliphatic carbocycles. The van der Waals surface area contributed by atoms with Gasteiger partial charge in [-0.1, -0.05) is 0 Å². The third-order valence-electron chi connectivity index (χ3n) is 2.42. The molecular weight excluding hydrogens is 295 g/mol. The summed E-state index contributed by atoms with van der Waals surface area (Å²) < 4.78 is 49.1. The van der Waals surface area contributed by atoms with Gasteiger partial charge in [-0.25, -0.2) is 0 Å². The first-order valence-electron chi connectivity index (χ1n) is 5.51. The van der Waals surface area contributed by atoms with Gasteiger partial charge in [0.15, 0.2) is 0 Å². The van der Waals surface area contributed by atoms with E-state index in [-0.39, 0.29) is 23.5 Å². The number of nitrogen functional groups attached to an aromatic ring is 1. The van der Waals surface area contributed by atoms with Gasteiger partial charge < -0.3 is 10.7 Å². The fourth-order valence-corrected chi connectivity index (χ4v) is 1.85. The molecule has 4 N–H and O–H groups in total. The number of hydrogen-bond acceptors (Lipinski definition) is 4. The van der Waals surface area contributed by atoms with E-state index < -0.39 is 28.4 Å². The Morgan fingerprint density at radius 3 is 2.55 bits per heavy atom. The van der Waals surface area contributed by atoms with Crippen molar-refractivity contribution in [3.63, 3.8) is 0 Å². The average Bonchev–Trinajstić information content (AvgIpc) is 2.36. The normalized spacial score (nSPS) is 12.8. The molecule has 1 atom stereocenters. The Morgan fingerprint density at radius 2 is 2.05 bits per heavy atom. The Morgan fingerprint density at radius 1 is 1.40 bits per heavy atom. The number of nitrogens with two attached hydrogens (primary N) is 1. The molecule has 0 saturated heterocycles. The van der Waals surface area contributed by atoms with E-state index in [1.54, 1.807) is 0 Å². The number of halogens is 3.